The molecule has 0 aromatic carbocycles. The van der Waals surface area contributed by atoms with Gasteiger partial charge in [-0.2, -0.15) is 0 Å². The molecule has 2 atom stereocenters. The first-order valence-corrected chi connectivity index (χ1v) is 5.30. The number of carbonyl (C=O) groups excluding carboxylic acids is 2. The van der Waals surface area contributed by atoms with E-state index in [1.54, 1.807) is 0 Å². The van der Waals surface area contributed by atoms with Crippen LogP contribution in [0.2, 0.25) is 0 Å². The van der Waals surface area contributed by atoms with Gasteiger partial charge in [-0.3, -0.25) is 4.90 Å². The number of urea groups is 2. The van der Waals surface area contributed by atoms with Gasteiger partial charge >= 0.3 is 12.1 Å². The Bertz CT molecular complexity index is 307. The van der Waals surface area contributed by atoms with E-state index in [0.29, 0.717) is 12.5 Å². The molecule has 2 rings (SSSR count). The third-order valence-electron chi connectivity index (χ3n) is 2.44. The quantitative estimate of drug-likeness (QED) is 0.612. The Kier molecular flexibility index (Phi) is 2.86. The molecule has 2 saturated heterocycles. The molecule has 0 aromatic rings. The highest BCUT2D eigenvalue weighted by Gasteiger charge is 2.45. The van der Waals surface area contributed by atoms with Crippen LogP contribution in [-0.2, 0) is 4.74 Å². The van der Waals surface area contributed by atoms with Gasteiger partial charge in [-0.25, -0.2) is 9.59 Å². The Morgan fingerprint density at radius 3 is 2.75 bits per heavy atom. The molecule has 2 unspecified atom stereocenters. The highest BCUT2D eigenvalue weighted by Crippen LogP contribution is 2.13. The van der Waals surface area contributed by atoms with Crippen molar-refractivity contribution >= 4 is 12.1 Å². The molecule has 0 bridgehead atoms. The monoisotopic (exact) mass is 228 g/mol. The molecule has 2 fully saturated rings. The van der Waals surface area contributed by atoms with Crippen molar-refractivity contribution in [1.29, 1.82) is 0 Å². The number of carbonyl (C=O) groups is 2. The van der Waals surface area contributed by atoms with Crippen molar-refractivity contribution in [3.63, 3.8) is 0 Å². The molecule has 0 radical (unpaired) electrons. The number of hydrogen-bond acceptors (Lipinski definition) is 3. The maximum absolute atomic E-state index is 11.5. The van der Waals surface area contributed by atoms with Crippen molar-refractivity contribution in [1.82, 2.24) is 20.9 Å². The van der Waals surface area contributed by atoms with Gasteiger partial charge in [0, 0.05) is 0 Å². The zero-order valence-electron chi connectivity index (χ0n) is 9.32. The molecule has 3 N–H and O–H groups in total. The Morgan fingerprint density at radius 1 is 1.31 bits per heavy atom. The second-order valence-corrected chi connectivity index (χ2v) is 4.35. The van der Waals surface area contributed by atoms with Gasteiger partial charge < -0.3 is 20.7 Å². The van der Waals surface area contributed by atoms with Crippen LogP contribution in [0.4, 0.5) is 9.59 Å². The lowest BCUT2D eigenvalue weighted by molar-refractivity contribution is 0.0241. The smallest absolute Gasteiger partial charge is 0.322 e. The summed E-state index contributed by atoms with van der Waals surface area (Å²) in [4.78, 5) is 24.0. The second-order valence-electron chi connectivity index (χ2n) is 4.35. The molecule has 2 aliphatic heterocycles. The summed E-state index contributed by atoms with van der Waals surface area (Å²) in [7, 11) is 0. The lowest BCUT2D eigenvalue weighted by Gasteiger charge is -2.21. The molecule has 0 aromatic heterocycles. The van der Waals surface area contributed by atoms with Crippen LogP contribution in [0.5, 0.6) is 0 Å². The van der Waals surface area contributed by atoms with Crippen molar-refractivity contribution in [2.24, 2.45) is 5.92 Å². The SMILES string of the molecule is CC(C)COCN1C(=O)NC2NC(=O)NC21. The predicted molar refractivity (Wildman–Crippen MR) is 55.3 cm³/mol. The topological polar surface area (TPSA) is 82.7 Å². The number of ether oxygens (including phenoxy) is 1. The number of hydrogen-bond donors (Lipinski definition) is 3. The lowest BCUT2D eigenvalue weighted by Crippen LogP contribution is -2.44. The highest BCUT2D eigenvalue weighted by atomic mass is 16.5. The third-order valence-corrected chi connectivity index (χ3v) is 2.44. The number of amides is 4. The Balaban J connectivity index is 1.88. The highest BCUT2D eigenvalue weighted by molar-refractivity contribution is 5.84. The van der Waals surface area contributed by atoms with Gasteiger partial charge in [0.1, 0.15) is 19.1 Å². The number of nitrogens with zero attached hydrogens (tertiary/aromatic N) is 1. The van der Waals surface area contributed by atoms with Gasteiger partial charge in [0.2, 0.25) is 0 Å². The molecular formula is C9H16N4O3. The zero-order valence-corrected chi connectivity index (χ0v) is 9.32. The predicted octanol–water partition coefficient (Wildman–Crippen LogP) is -0.393. The molecule has 7 heteroatoms. The van der Waals surface area contributed by atoms with Gasteiger partial charge in [-0.05, 0) is 5.92 Å². The number of nitrogens with one attached hydrogen (secondary N) is 3. The van der Waals surface area contributed by atoms with E-state index in [2.05, 4.69) is 16.0 Å². The van der Waals surface area contributed by atoms with Crippen LogP contribution in [0.3, 0.4) is 0 Å². The minimum Gasteiger partial charge on any atom is -0.361 e. The van der Waals surface area contributed by atoms with Crippen molar-refractivity contribution in [2.45, 2.75) is 26.2 Å². The fraction of sp³-hybridized carbons (Fsp3) is 0.778. The first kappa shape index (κ1) is 11.0. The summed E-state index contributed by atoms with van der Waals surface area (Å²) in [6.07, 6.45) is -0.713. The molecule has 0 aliphatic carbocycles. The van der Waals surface area contributed by atoms with Crippen molar-refractivity contribution in [2.75, 3.05) is 13.3 Å². The van der Waals surface area contributed by atoms with Crippen molar-refractivity contribution in [3.8, 4) is 0 Å². The van der Waals surface area contributed by atoms with Crippen molar-refractivity contribution in [3.05, 3.63) is 0 Å². The van der Waals surface area contributed by atoms with Gasteiger partial charge in [-0.1, -0.05) is 13.8 Å². The van der Waals surface area contributed by atoms with E-state index in [0.717, 1.165) is 0 Å². The summed E-state index contributed by atoms with van der Waals surface area (Å²) in [5, 5.41) is 7.89. The second kappa shape index (κ2) is 4.17. The lowest BCUT2D eigenvalue weighted by atomic mass is 10.2. The Morgan fingerprint density at radius 2 is 2.06 bits per heavy atom. The third kappa shape index (κ3) is 2.04. The molecule has 7 nitrogen and oxygen atoms in total. The fourth-order valence-electron chi connectivity index (χ4n) is 1.72. The molecule has 4 amide bonds. The van der Waals surface area contributed by atoms with Gasteiger partial charge in [0.05, 0.1) is 6.61 Å². The minimum atomic E-state index is -0.359. The summed E-state index contributed by atoms with van der Waals surface area (Å²) in [5.74, 6) is 0.415. The maximum Gasteiger partial charge on any atom is 0.322 e. The van der Waals surface area contributed by atoms with Crippen LogP contribution in [0.1, 0.15) is 13.8 Å². The number of rotatable bonds is 4. The van der Waals surface area contributed by atoms with Crippen LogP contribution in [0.15, 0.2) is 0 Å². The first-order valence-electron chi connectivity index (χ1n) is 5.30. The van der Waals surface area contributed by atoms with Crippen LogP contribution < -0.4 is 16.0 Å². The molecule has 2 aliphatic rings. The van der Waals surface area contributed by atoms with Crippen LogP contribution in [0, 0.1) is 5.92 Å². The van der Waals surface area contributed by atoms with E-state index >= 15 is 0 Å². The van der Waals surface area contributed by atoms with E-state index < -0.39 is 0 Å². The fourth-order valence-corrected chi connectivity index (χ4v) is 1.72. The Hall–Kier alpha value is -1.50. The van der Waals surface area contributed by atoms with Crippen LogP contribution in [-0.4, -0.2) is 42.6 Å². The minimum absolute atomic E-state index is 0.188. The molecule has 2 heterocycles. The molecular weight excluding hydrogens is 212 g/mol. The molecule has 90 valence electrons. The van der Waals surface area contributed by atoms with E-state index in [-0.39, 0.29) is 31.1 Å². The van der Waals surface area contributed by atoms with E-state index in [1.807, 2.05) is 13.8 Å². The normalized spacial score (nSPS) is 27.8. The van der Waals surface area contributed by atoms with E-state index in [1.165, 1.54) is 4.90 Å². The first-order chi connectivity index (χ1) is 7.58. The largest absolute Gasteiger partial charge is 0.361 e. The van der Waals surface area contributed by atoms with E-state index in [4.69, 9.17) is 4.74 Å². The summed E-state index contributed by atoms with van der Waals surface area (Å²) in [6.45, 7) is 4.84. The van der Waals surface area contributed by atoms with E-state index in [9.17, 15) is 9.59 Å². The van der Waals surface area contributed by atoms with Crippen molar-refractivity contribution < 1.29 is 14.3 Å². The van der Waals surface area contributed by atoms with Gasteiger partial charge in [0.15, 0.2) is 0 Å². The average Bonchev–Trinajstić information content (AvgIpc) is 2.64. The standard InChI is InChI=1S/C9H16N4O3/c1-5(2)3-16-4-13-7-6(11-9(13)15)10-8(14)12-7/h5-7H,3-4H2,1-2H3,(H,11,15)(H2,10,12,14). The summed E-state index contributed by atoms with van der Waals surface area (Å²) in [6, 6.07) is -0.505. The summed E-state index contributed by atoms with van der Waals surface area (Å²) < 4.78 is 5.38. The maximum atomic E-state index is 11.5. The van der Waals surface area contributed by atoms with Crippen LogP contribution in [0.25, 0.3) is 0 Å². The van der Waals surface area contributed by atoms with Crippen LogP contribution >= 0.6 is 0 Å². The Labute approximate surface area is 93.5 Å². The number of fused-ring (bicyclic) bond motifs is 1. The molecule has 0 spiro atoms. The molecule has 0 saturated carbocycles. The van der Waals surface area contributed by atoms with Gasteiger partial charge in [-0.15, -0.1) is 0 Å². The summed E-state index contributed by atoms with van der Waals surface area (Å²) in [5.41, 5.74) is 0. The zero-order chi connectivity index (χ0) is 11.7. The molecule has 16 heavy (non-hydrogen) atoms. The summed E-state index contributed by atoms with van der Waals surface area (Å²) >= 11 is 0. The average molecular weight is 228 g/mol. The van der Waals surface area contributed by atoms with Gasteiger partial charge in [0.25, 0.3) is 0 Å².